The molecule has 0 atom stereocenters. The second-order valence-electron chi connectivity index (χ2n) is 2.93. The van der Waals surface area contributed by atoms with Crippen molar-refractivity contribution >= 4 is 17.4 Å². The first-order valence-corrected chi connectivity index (χ1v) is 4.09. The van der Waals surface area contributed by atoms with E-state index in [1.54, 1.807) is 0 Å². The van der Waals surface area contributed by atoms with Crippen molar-refractivity contribution in [1.29, 1.82) is 0 Å². The van der Waals surface area contributed by atoms with Crippen molar-refractivity contribution in [1.82, 2.24) is 0 Å². The van der Waals surface area contributed by atoms with Crippen LogP contribution in [0.3, 0.4) is 0 Å². The number of halogens is 1. The van der Waals surface area contributed by atoms with Gasteiger partial charge in [-0.3, -0.25) is 9.59 Å². The lowest BCUT2D eigenvalue weighted by Crippen LogP contribution is -2.08. The van der Waals surface area contributed by atoms with Gasteiger partial charge < -0.3 is 5.32 Å². The summed E-state index contributed by atoms with van der Waals surface area (Å²) in [7, 11) is 0. The van der Waals surface area contributed by atoms with Crippen molar-refractivity contribution in [2.24, 2.45) is 0 Å². The van der Waals surface area contributed by atoms with Gasteiger partial charge in [-0.15, -0.1) is 0 Å². The highest BCUT2D eigenvalue weighted by molar-refractivity contribution is 5.95. The van der Waals surface area contributed by atoms with E-state index in [1.807, 2.05) is 0 Å². The minimum absolute atomic E-state index is 0.0856. The molecule has 0 fully saturated rings. The number of carbonyl (C=O) groups excluding carboxylic acids is 2. The second-order valence-corrected chi connectivity index (χ2v) is 2.93. The summed E-state index contributed by atoms with van der Waals surface area (Å²) < 4.78 is 13.2. The molecular weight excluding hydrogens is 185 g/mol. The van der Waals surface area contributed by atoms with Crippen LogP contribution in [0.2, 0.25) is 0 Å². The number of hydrogen-bond acceptors (Lipinski definition) is 2. The smallest absolute Gasteiger partial charge is 0.221 e. The Hall–Kier alpha value is -1.71. The number of nitrogens with one attached hydrogen (secondary N) is 1. The summed E-state index contributed by atoms with van der Waals surface area (Å²) in [4.78, 5) is 21.5. The van der Waals surface area contributed by atoms with E-state index in [9.17, 15) is 14.0 Å². The van der Waals surface area contributed by atoms with E-state index in [0.717, 1.165) is 6.07 Å². The molecule has 0 aromatic heterocycles. The monoisotopic (exact) mass is 195 g/mol. The predicted molar refractivity (Wildman–Crippen MR) is 50.7 cm³/mol. The Labute approximate surface area is 80.9 Å². The molecule has 0 heterocycles. The van der Waals surface area contributed by atoms with Crippen LogP contribution in [0, 0.1) is 5.82 Å². The molecule has 0 unspecified atom stereocenters. The Bertz CT molecular complexity index is 388. The number of Topliss-reactive ketones (excluding diaryl/α,β-unsaturated/α-hetero) is 1. The third kappa shape index (κ3) is 2.39. The van der Waals surface area contributed by atoms with Crippen molar-refractivity contribution in [3.63, 3.8) is 0 Å². The van der Waals surface area contributed by atoms with Gasteiger partial charge in [0, 0.05) is 12.5 Å². The normalized spacial score (nSPS) is 9.64. The molecule has 0 aliphatic heterocycles. The molecule has 1 aromatic carbocycles. The number of amides is 1. The summed E-state index contributed by atoms with van der Waals surface area (Å²) in [6, 6.07) is 3.94. The summed E-state index contributed by atoms with van der Waals surface area (Å²) in [5, 5.41) is 2.31. The van der Waals surface area contributed by atoms with Crippen LogP contribution in [0.4, 0.5) is 10.1 Å². The van der Waals surface area contributed by atoms with Gasteiger partial charge >= 0.3 is 0 Å². The van der Waals surface area contributed by atoms with Gasteiger partial charge in [0.2, 0.25) is 5.91 Å². The molecule has 1 amide bonds. The van der Waals surface area contributed by atoms with Crippen molar-refractivity contribution in [3.8, 4) is 0 Å². The van der Waals surface area contributed by atoms with E-state index in [1.165, 1.54) is 26.0 Å². The Balaban J connectivity index is 3.01. The van der Waals surface area contributed by atoms with Crippen LogP contribution in [0.25, 0.3) is 0 Å². The minimum Gasteiger partial charge on any atom is -0.324 e. The molecule has 0 aliphatic carbocycles. The second kappa shape index (κ2) is 4.00. The van der Waals surface area contributed by atoms with Gasteiger partial charge in [-0.05, 0) is 25.1 Å². The lowest BCUT2D eigenvalue weighted by atomic mass is 10.1. The maximum Gasteiger partial charge on any atom is 0.221 e. The van der Waals surface area contributed by atoms with Gasteiger partial charge in [-0.1, -0.05) is 0 Å². The molecule has 14 heavy (non-hydrogen) atoms. The van der Waals surface area contributed by atoms with Crippen LogP contribution in [0.1, 0.15) is 24.2 Å². The summed E-state index contributed by atoms with van der Waals surface area (Å²) >= 11 is 0. The van der Waals surface area contributed by atoms with Crippen LogP contribution in [-0.4, -0.2) is 11.7 Å². The van der Waals surface area contributed by atoms with Gasteiger partial charge in [-0.25, -0.2) is 4.39 Å². The van der Waals surface area contributed by atoms with Crippen molar-refractivity contribution in [2.75, 3.05) is 5.32 Å². The number of hydrogen-bond donors (Lipinski definition) is 1. The number of rotatable bonds is 2. The first-order chi connectivity index (χ1) is 6.50. The van der Waals surface area contributed by atoms with Crippen molar-refractivity contribution in [3.05, 3.63) is 29.6 Å². The Morgan fingerprint density at radius 3 is 2.36 bits per heavy atom. The van der Waals surface area contributed by atoms with Crippen molar-refractivity contribution in [2.45, 2.75) is 13.8 Å². The molecular formula is C10H10FNO2. The first-order valence-electron chi connectivity index (χ1n) is 4.09. The van der Waals surface area contributed by atoms with E-state index < -0.39 is 5.82 Å². The molecule has 3 nitrogen and oxygen atoms in total. The van der Waals surface area contributed by atoms with Gasteiger partial charge in [-0.2, -0.15) is 0 Å². The predicted octanol–water partition coefficient (Wildman–Crippen LogP) is 1.99. The molecule has 4 heteroatoms. The molecule has 0 radical (unpaired) electrons. The fraction of sp³-hybridized carbons (Fsp3) is 0.200. The van der Waals surface area contributed by atoms with E-state index in [0.29, 0.717) is 0 Å². The molecule has 0 saturated carbocycles. The molecule has 1 aromatic rings. The maximum atomic E-state index is 13.2. The zero-order valence-electron chi connectivity index (χ0n) is 7.93. The third-order valence-electron chi connectivity index (χ3n) is 1.69. The fourth-order valence-electron chi connectivity index (χ4n) is 1.03. The van der Waals surface area contributed by atoms with Crippen LogP contribution in [0.15, 0.2) is 18.2 Å². The SMILES string of the molecule is CC(=O)Nc1ccc(C(C)=O)cc1F. The molecule has 0 aliphatic rings. The lowest BCUT2D eigenvalue weighted by molar-refractivity contribution is -0.114. The zero-order valence-corrected chi connectivity index (χ0v) is 7.93. The number of benzene rings is 1. The average Bonchev–Trinajstić information content (AvgIpc) is 2.07. The molecule has 0 saturated heterocycles. The van der Waals surface area contributed by atoms with Gasteiger partial charge in [0.15, 0.2) is 5.78 Å². The van der Waals surface area contributed by atoms with E-state index in [2.05, 4.69) is 5.32 Å². The minimum atomic E-state index is -0.604. The average molecular weight is 195 g/mol. The highest BCUT2D eigenvalue weighted by atomic mass is 19.1. The zero-order chi connectivity index (χ0) is 10.7. The number of ketones is 1. The number of carbonyl (C=O) groups is 2. The molecule has 74 valence electrons. The molecule has 1 N–H and O–H groups in total. The van der Waals surface area contributed by atoms with E-state index >= 15 is 0 Å². The quantitative estimate of drug-likeness (QED) is 0.733. The molecule has 1 rings (SSSR count). The summed E-state index contributed by atoms with van der Waals surface area (Å²) in [5.41, 5.74) is 0.374. The highest BCUT2D eigenvalue weighted by Crippen LogP contribution is 2.15. The van der Waals surface area contributed by atoms with Crippen LogP contribution in [-0.2, 0) is 4.79 Å². The van der Waals surface area contributed by atoms with Crippen molar-refractivity contribution < 1.29 is 14.0 Å². The van der Waals surface area contributed by atoms with Gasteiger partial charge in [0.25, 0.3) is 0 Å². The van der Waals surface area contributed by atoms with E-state index in [-0.39, 0.29) is 22.9 Å². The summed E-state index contributed by atoms with van der Waals surface area (Å²) in [6.45, 7) is 2.64. The topological polar surface area (TPSA) is 46.2 Å². The van der Waals surface area contributed by atoms with Crippen LogP contribution in [0.5, 0.6) is 0 Å². The van der Waals surface area contributed by atoms with E-state index in [4.69, 9.17) is 0 Å². The highest BCUT2D eigenvalue weighted by Gasteiger charge is 2.06. The first kappa shape index (κ1) is 10.4. The fourth-order valence-corrected chi connectivity index (χ4v) is 1.03. The summed E-state index contributed by atoms with van der Waals surface area (Å²) in [6.07, 6.45) is 0. The Morgan fingerprint density at radius 1 is 1.29 bits per heavy atom. The Kier molecular flexibility index (Phi) is 2.96. The summed E-state index contributed by atoms with van der Waals surface area (Å²) in [5.74, 6) is -1.16. The standard InChI is InChI=1S/C10H10FNO2/c1-6(13)8-3-4-10(9(11)5-8)12-7(2)14/h3-5H,1-2H3,(H,12,14). The largest absolute Gasteiger partial charge is 0.324 e. The molecule has 0 spiro atoms. The third-order valence-corrected chi connectivity index (χ3v) is 1.69. The van der Waals surface area contributed by atoms with Gasteiger partial charge in [0.1, 0.15) is 5.82 Å². The van der Waals surface area contributed by atoms with Crippen LogP contribution >= 0.6 is 0 Å². The van der Waals surface area contributed by atoms with Gasteiger partial charge in [0.05, 0.1) is 5.69 Å². The molecule has 0 bridgehead atoms. The van der Waals surface area contributed by atoms with Crippen LogP contribution < -0.4 is 5.32 Å². The number of anilines is 1. The maximum absolute atomic E-state index is 13.2. The lowest BCUT2D eigenvalue weighted by Gasteiger charge is -2.04. The Morgan fingerprint density at radius 2 is 1.93 bits per heavy atom.